The van der Waals surface area contributed by atoms with E-state index in [0.717, 1.165) is 13.0 Å². The topological polar surface area (TPSA) is 21.3 Å². The van der Waals surface area contributed by atoms with Crippen LogP contribution in [0.25, 0.3) is 0 Å². The minimum Gasteiger partial charge on any atom is -0.383 e. The Morgan fingerprint density at radius 2 is 2.17 bits per heavy atom. The molecule has 1 aliphatic rings. The minimum absolute atomic E-state index is 0.349. The van der Waals surface area contributed by atoms with Gasteiger partial charge in [-0.05, 0) is 35.4 Å². The van der Waals surface area contributed by atoms with Gasteiger partial charge in [0, 0.05) is 13.2 Å². The number of hydrogen-bond donors (Lipinski definition) is 1. The van der Waals surface area contributed by atoms with Gasteiger partial charge in [0.2, 0.25) is 0 Å². The second kappa shape index (κ2) is 5.85. The van der Waals surface area contributed by atoms with Crippen LogP contribution in [0.2, 0.25) is 0 Å². The predicted molar refractivity (Wildman–Crippen MR) is 76.1 cm³/mol. The molecule has 0 aliphatic carbocycles. The SMILES string of the molecule is CCC1Cc2ccc(C(C)C)cc2C(COC)N1. The molecule has 2 heteroatoms. The van der Waals surface area contributed by atoms with Gasteiger partial charge in [-0.1, -0.05) is 39.0 Å². The first-order valence-corrected chi connectivity index (χ1v) is 7.03. The lowest BCUT2D eigenvalue weighted by molar-refractivity contribution is 0.155. The number of nitrogens with one attached hydrogen (secondary N) is 1. The van der Waals surface area contributed by atoms with E-state index < -0.39 is 0 Å². The van der Waals surface area contributed by atoms with Gasteiger partial charge in [-0.15, -0.1) is 0 Å². The second-order valence-electron chi connectivity index (χ2n) is 5.60. The van der Waals surface area contributed by atoms with Crippen molar-refractivity contribution in [1.29, 1.82) is 0 Å². The van der Waals surface area contributed by atoms with Gasteiger partial charge in [0.05, 0.1) is 12.6 Å². The number of rotatable bonds is 4. The molecular weight excluding hydrogens is 222 g/mol. The molecule has 0 radical (unpaired) electrons. The molecule has 2 rings (SSSR count). The summed E-state index contributed by atoms with van der Waals surface area (Å²) in [4.78, 5) is 0. The zero-order valence-electron chi connectivity index (χ0n) is 12.0. The van der Waals surface area contributed by atoms with Gasteiger partial charge in [-0.3, -0.25) is 0 Å². The Morgan fingerprint density at radius 3 is 2.78 bits per heavy atom. The Hall–Kier alpha value is -0.860. The Balaban J connectivity index is 2.33. The molecule has 0 spiro atoms. The molecule has 1 aliphatic heterocycles. The fourth-order valence-electron chi connectivity index (χ4n) is 2.75. The Kier molecular flexibility index (Phi) is 4.41. The standard InChI is InChI=1S/C16H25NO/c1-5-14-8-13-7-6-12(11(2)3)9-15(13)16(17-14)10-18-4/h6-7,9,11,14,16-17H,5,8,10H2,1-4H3. The lowest BCUT2D eigenvalue weighted by Gasteiger charge is -2.33. The average molecular weight is 247 g/mol. The van der Waals surface area contributed by atoms with E-state index in [1.807, 2.05) is 0 Å². The average Bonchev–Trinajstić information content (AvgIpc) is 2.38. The van der Waals surface area contributed by atoms with E-state index in [1.54, 1.807) is 7.11 Å². The van der Waals surface area contributed by atoms with Gasteiger partial charge in [-0.25, -0.2) is 0 Å². The van der Waals surface area contributed by atoms with Crippen molar-refractivity contribution < 1.29 is 4.74 Å². The molecule has 0 saturated carbocycles. The first-order valence-electron chi connectivity index (χ1n) is 7.03. The molecule has 1 aromatic rings. The highest BCUT2D eigenvalue weighted by Crippen LogP contribution is 2.29. The van der Waals surface area contributed by atoms with Crippen LogP contribution in [0.1, 0.15) is 55.8 Å². The van der Waals surface area contributed by atoms with Crippen molar-refractivity contribution in [2.75, 3.05) is 13.7 Å². The summed E-state index contributed by atoms with van der Waals surface area (Å²) in [7, 11) is 1.78. The van der Waals surface area contributed by atoms with Crippen LogP contribution in [-0.4, -0.2) is 19.8 Å². The van der Waals surface area contributed by atoms with E-state index >= 15 is 0 Å². The first kappa shape index (κ1) is 13.6. The maximum atomic E-state index is 5.37. The molecule has 2 atom stereocenters. The number of benzene rings is 1. The van der Waals surface area contributed by atoms with Crippen molar-refractivity contribution in [3.63, 3.8) is 0 Å². The summed E-state index contributed by atoms with van der Waals surface area (Å²) >= 11 is 0. The van der Waals surface area contributed by atoms with Gasteiger partial charge < -0.3 is 10.1 Å². The molecule has 1 aromatic carbocycles. The summed E-state index contributed by atoms with van der Waals surface area (Å²) < 4.78 is 5.37. The monoisotopic (exact) mass is 247 g/mol. The number of ether oxygens (including phenoxy) is 1. The van der Waals surface area contributed by atoms with E-state index in [-0.39, 0.29) is 0 Å². The van der Waals surface area contributed by atoms with Crippen molar-refractivity contribution in [1.82, 2.24) is 5.32 Å². The molecule has 0 bridgehead atoms. The van der Waals surface area contributed by atoms with Crippen LogP contribution in [0.3, 0.4) is 0 Å². The summed E-state index contributed by atoms with van der Waals surface area (Å²) in [5.74, 6) is 0.586. The quantitative estimate of drug-likeness (QED) is 0.880. The summed E-state index contributed by atoms with van der Waals surface area (Å²) in [5.41, 5.74) is 4.35. The third kappa shape index (κ3) is 2.76. The van der Waals surface area contributed by atoms with Crippen LogP contribution in [0.15, 0.2) is 18.2 Å². The Labute approximate surface area is 111 Å². The normalized spacial score (nSPS) is 23.2. The lowest BCUT2D eigenvalue weighted by atomic mass is 9.86. The minimum atomic E-state index is 0.349. The van der Waals surface area contributed by atoms with Gasteiger partial charge in [0.15, 0.2) is 0 Å². The van der Waals surface area contributed by atoms with Crippen molar-refractivity contribution >= 4 is 0 Å². The smallest absolute Gasteiger partial charge is 0.0657 e. The van der Waals surface area contributed by atoms with Crippen LogP contribution in [0.4, 0.5) is 0 Å². The molecule has 1 N–H and O–H groups in total. The van der Waals surface area contributed by atoms with Crippen LogP contribution in [0.5, 0.6) is 0 Å². The summed E-state index contributed by atoms with van der Waals surface area (Å²) in [6.07, 6.45) is 2.32. The highest BCUT2D eigenvalue weighted by atomic mass is 16.5. The molecule has 2 nitrogen and oxygen atoms in total. The zero-order valence-corrected chi connectivity index (χ0v) is 12.0. The van der Waals surface area contributed by atoms with E-state index in [4.69, 9.17) is 4.74 Å². The summed E-state index contributed by atoms with van der Waals surface area (Å²) in [6, 6.07) is 7.90. The van der Waals surface area contributed by atoms with Crippen LogP contribution in [-0.2, 0) is 11.2 Å². The molecule has 18 heavy (non-hydrogen) atoms. The largest absolute Gasteiger partial charge is 0.383 e. The maximum Gasteiger partial charge on any atom is 0.0657 e. The van der Waals surface area contributed by atoms with Gasteiger partial charge >= 0.3 is 0 Å². The molecule has 2 unspecified atom stereocenters. The molecule has 0 aromatic heterocycles. The zero-order chi connectivity index (χ0) is 13.1. The van der Waals surface area contributed by atoms with E-state index in [1.165, 1.54) is 23.1 Å². The van der Waals surface area contributed by atoms with Crippen molar-refractivity contribution in [2.45, 2.75) is 51.6 Å². The molecule has 0 amide bonds. The van der Waals surface area contributed by atoms with Crippen molar-refractivity contribution in [2.24, 2.45) is 0 Å². The fraction of sp³-hybridized carbons (Fsp3) is 0.625. The first-order chi connectivity index (χ1) is 8.65. The number of fused-ring (bicyclic) bond motifs is 1. The highest BCUT2D eigenvalue weighted by Gasteiger charge is 2.25. The van der Waals surface area contributed by atoms with Gasteiger partial charge in [0.25, 0.3) is 0 Å². The fourth-order valence-corrected chi connectivity index (χ4v) is 2.75. The maximum absolute atomic E-state index is 5.37. The summed E-state index contributed by atoms with van der Waals surface area (Å²) in [5, 5.41) is 3.70. The molecule has 0 fully saturated rings. The predicted octanol–water partition coefficient (Wildman–Crippen LogP) is 3.42. The lowest BCUT2D eigenvalue weighted by Crippen LogP contribution is -2.40. The number of hydrogen-bond acceptors (Lipinski definition) is 2. The second-order valence-corrected chi connectivity index (χ2v) is 5.60. The Bertz CT molecular complexity index is 400. The van der Waals surface area contributed by atoms with Gasteiger partial charge in [0.1, 0.15) is 0 Å². The third-order valence-corrected chi connectivity index (χ3v) is 3.94. The van der Waals surface area contributed by atoms with Crippen LogP contribution in [0, 0.1) is 0 Å². The van der Waals surface area contributed by atoms with Crippen LogP contribution < -0.4 is 5.32 Å². The Morgan fingerprint density at radius 1 is 1.39 bits per heavy atom. The van der Waals surface area contributed by atoms with E-state index in [0.29, 0.717) is 18.0 Å². The van der Waals surface area contributed by atoms with E-state index in [9.17, 15) is 0 Å². The summed E-state index contributed by atoms with van der Waals surface area (Å²) in [6.45, 7) is 7.50. The third-order valence-electron chi connectivity index (χ3n) is 3.94. The molecule has 100 valence electrons. The van der Waals surface area contributed by atoms with Crippen molar-refractivity contribution in [3.8, 4) is 0 Å². The molecular formula is C16H25NO. The van der Waals surface area contributed by atoms with Crippen LogP contribution >= 0.6 is 0 Å². The molecule has 0 saturated heterocycles. The van der Waals surface area contributed by atoms with Crippen molar-refractivity contribution in [3.05, 3.63) is 34.9 Å². The molecule has 1 heterocycles. The van der Waals surface area contributed by atoms with Gasteiger partial charge in [-0.2, -0.15) is 0 Å². The number of methoxy groups -OCH3 is 1. The highest BCUT2D eigenvalue weighted by molar-refractivity contribution is 5.38. The van der Waals surface area contributed by atoms with E-state index in [2.05, 4.69) is 44.3 Å².